The summed E-state index contributed by atoms with van der Waals surface area (Å²) in [6.45, 7) is 7.54. The number of hydrogen-bond donors (Lipinski definition) is 1. The number of aliphatic hydroxyl groups excluding tert-OH is 1. The second kappa shape index (κ2) is 6.76. The van der Waals surface area contributed by atoms with Crippen molar-refractivity contribution < 1.29 is 9.84 Å². The van der Waals surface area contributed by atoms with Crippen LogP contribution in [-0.4, -0.2) is 17.8 Å². The lowest BCUT2D eigenvalue weighted by atomic mass is 9.71. The van der Waals surface area contributed by atoms with Crippen LogP contribution in [0.1, 0.15) is 50.5 Å². The lowest BCUT2D eigenvalue weighted by Gasteiger charge is -2.38. The molecule has 0 aliphatic heterocycles. The molecule has 1 aromatic rings. The third-order valence-corrected chi connectivity index (χ3v) is 4.74. The molecule has 1 aliphatic carbocycles. The molecule has 1 aliphatic rings. The molecule has 0 spiro atoms. The van der Waals surface area contributed by atoms with Crippen LogP contribution in [-0.2, 0) is 11.3 Å². The zero-order valence-corrected chi connectivity index (χ0v) is 13.4. The first-order valence-electron chi connectivity index (χ1n) is 7.28. The summed E-state index contributed by atoms with van der Waals surface area (Å²) in [4.78, 5) is 1.17. The van der Waals surface area contributed by atoms with Crippen LogP contribution in [0.4, 0.5) is 0 Å². The Hall–Kier alpha value is -0.820. The normalized spacial score (nSPS) is 25.0. The highest BCUT2D eigenvalue weighted by Gasteiger charge is 2.32. The maximum atomic E-state index is 8.78. The van der Waals surface area contributed by atoms with E-state index in [2.05, 4.69) is 32.6 Å². The molecule has 1 N–H and O–H groups in total. The van der Waals surface area contributed by atoms with E-state index in [0.29, 0.717) is 18.1 Å². The van der Waals surface area contributed by atoms with Gasteiger partial charge in [0.1, 0.15) is 6.61 Å². The van der Waals surface area contributed by atoms with Crippen LogP contribution in [0.3, 0.4) is 0 Å². The van der Waals surface area contributed by atoms with E-state index in [1.807, 2.05) is 11.4 Å². The molecule has 110 valence electrons. The van der Waals surface area contributed by atoms with E-state index >= 15 is 0 Å². The second-order valence-electron chi connectivity index (χ2n) is 6.56. The molecule has 2 nitrogen and oxygen atoms in total. The minimum atomic E-state index is -0.0928. The van der Waals surface area contributed by atoms with Crippen LogP contribution in [0.5, 0.6) is 0 Å². The van der Waals surface area contributed by atoms with Crippen LogP contribution < -0.4 is 0 Å². The molecule has 0 saturated heterocycles. The van der Waals surface area contributed by atoms with Crippen LogP contribution in [0.2, 0.25) is 0 Å². The van der Waals surface area contributed by atoms with Gasteiger partial charge in [-0.3, -0.25) is 0 Å². The molecule has 1 fully saturated rings. The number of ether oxygens (including phenoxy) is 1. The smallest absolute Gasteiger partial charge is 0.104 e. The highest BCUT2D eigenvalue weighted by Crippen LogP contribution is 2.40. The van der Waals surface area contributed by atoms with Gasteiger partial charge in [0.25, 0.3) is 0 Å². The summed E-state index contributed by atoms with van der Waals surface area (Å²) in [5.74, 6) is 6.43. The molecular formula is C17H24O2S. The third-order valence-electron chi connectivity index (χ3n) is 3.84. The molecule has 0 amide bonds. The van der Waals surface area contributed by atoms with Gasteiger partial charge in [0.05, 0.1) is 12.7 Å². The molecule has 0 aromatic carbocycles. The van der Waals surface area contributed by atoms with Gasteiger partial charge in [-0.2, -0.15) is 0 Å². The Bertz CT molecular complexity index is 493. The summed E-state index contributed by atoms with van der Waals surface area (Å²) >= 11 is 1.68. The average Bonchev–Trinajstić information content (AvgIpc) is 2.79. The van der Waals surface area contributed by atoms with Crippen molar-refractivity contribution in [1.29, 1.82) is 0 Å². The van der Waals surface area contributed by atoms with Gasteiger partial charge in [-0.05, 0) is 42.0 Å². The van der Waals surface area contributed by atoms with Crippen molar-refractivity contribution in [2.24, 2.45) is 11.3 Å². The van der Waals surface area contributed by atoms with Crippen molar-refractivity contribution in [1.82, 2.24) is 0 Å². The Morgan fingerprint density at radius 2 is 2.25 bits per heavy atom. The Balaban J connectivity index is 1.94. The van der Waals surface area contributed by atoms with Crippen molar-refractivity contribution in [3.8, 4) is 11.8 Å². The van der Waals surface area contributed by atoms with Gasteiger partial charge < -0.3 is 9.84 Å². The summed E-state index contributed by atoms with van der Waals surface area (Å²) in [6.07, 6.45) is 3.95. The van der Waals surface area contributed by atoms with Crippen molar-refractivity contribution in [2.75, 3.05) is 6.61 Å². The minimum Gasteiger partial charge on any atom is -0.384 e. The molecule has 1 aromatic heterocycles. The fourth-order valence-corrected chi connectivity index (χ4v) is 4.03. The molecule has 2 unspecified atom stereocenters. The number of rotatable bonds is 3. The standard InChI is InChI=1S/C17H24O2S/c1-13-9-15(11-17(2,3)10-13)19-12-16-14(5-4-7-18)6-8-20-16/h6,8,13,15,18H,7,9-12H2,1-3H3. The Labute approximate surface area is 126 Å². The first-order valence-corrected chi connectivity index (χ1v) is 8.16. The monoisotopic (exact) mass is 292 g/mol. The van der Waals surface area contributed by atoms with E-state index in [4.69, 9.17) is 9.84 Å². The molecule has 2 rings (SSSR count). The van der Waals surface area contributed by atoms with Crippen LogP contribution >= 0.6 is 11.3 Å². The van der Waals surface area contributed by atoms with E-state index in [1.165, 1.54) is 11.3 Å². The molecule has 3 heteroatoms. The zero-order chi connectivity index (χ0) is 14.6. The van der Waals surface area contributed by atoms with E-state index in [-0.39, 0.29) is 6.61 Å². The maximum absolute atomic E-state index is 8.78. The van der Waals surface area contributed by atoms with Gasteiger partial charge in [-0.1, -0.05) is 32.6 Å². The number of hydrogen-bond acceptors (Lipinski definition) is 3. The van der Waals surface area contributed by atoms with E-state index in [0.717, 1.165) is 24.3 Å². The van der Waals surface area contributed by atoms with Gasteiger partial charge in [0.15, 0.2) is 0 Å². The SMILES string of the molecule is CC1CC(OCc2sccc2C#CCO)CC(C)(C)C1. The van der Waals surface area contributed by atoms with Gasteiger partial charge in [-0.25, -0.2) is 0 Å². The first kappa shape index (κ1) is 15.6. The average molecular weight is 292 g/mol. The summed E-state index contributed by atoms with van der Waals surface area (Å²) in [5, 5.41) is 10.8. The molecule has 1 saturated carbocycles. The molecule has 0 radical (unpaired) electrons. The maximum Gasteiger partial charge on any atom is 0.104 e. The lowest BCUT2D eigenvalue weighted by Crippen LogP contribution is -2.32. The van der Waals surface area contributed by atoms with Gasteiger partial charge in [0, 0.05) is 10.4 Å². The molecule has 2 atom stereocenters. The number of aliphatic hydroxyl groups is 1. The van der Waals surface area contributed by atoms with Crippen molar-refractivity contribution in [3.05, 3.63) is 21.9 Å². The molecule has 20 heavy (non-hydrogen) atoms. The predicted molar refractivity (Wildman–Crippen MR) is 83.7 cm³/mol. The van der Waals surface area contributed by atoms with Crippen LogP contribution in [0.15, 0.2) is 11.4 Å². The lowest BCUT2D eigenvalue weighted by molar-refractivity contribution is -0.0307. The highest BCUT2D eigenvalue weighted by molar-refractivity contribution is 7.10. The largest absolute Gasteiger partial charge is 0.384 e. The third kappa shape index (κ3) is 4.34. The summed E-state index contributed by atoms with van der Waals surface area (Å²) in [5.41, 5.74) is 1.38. The van der Waals surface area contributed by atoms with Crippen molar-refractivity contribution in [3.63, 3.8) is 0 Å². The topological polar surface area (TPSA) is 29.5 Å². The Morgan fingerprint density at radius 1 is 1.45 bits per heavy atom. The van der Waals surface area contributed by atoms with Crippen molar-refractivity contribution >= 4 is 11.3 Å². The second-order valence-corrected chi connectivity index (χ2v) is 7.56. The Kier molecular flexibility index (Phi) is 5.26. The minimum absolute atomic E-state index is 0.0928. The van der Waals surface area contributed by atoms with E-state index in [1.54, 1.807) is 11.3 Å². The molecule has 1 heterocycles. The Morgan fingerprint density at radius 3 is 2.95 bits per heavy atom. The van der Waals surface area contributed by atoms with Crippen LogP contribution in [0, 0.1) is 23.2 Å². The highest BCUT2D eigenvalue weighted by atomic mass is 32.1. The summed E-state index contributed by atoms with van der Waals surface area (Å²) < 4.78 is 6.13. The van der Waals surface area contributed by atoms with Gasteiger partial charge >= 0.3 is 0 Å². The van der Waals surface area contributed by atoms with Gasteiger partial charge in [0.2, 0.25) is 0 Å². The molecular weight excluding hydrogens is 268 g/mol. The van der Waals surface area contributed by atoms with E-state index < -0.39 is 0 Å². The van der Waals surface area contributed by atoms with Crippen molar-refractivity contribution in [2.45, 2.75) is 52.7 Å². The number of thiophene rings is 1. The van der Waals surface area contributed by atoms with E-state index in [9.17, 15) is 0 Å². The summed E-state index contributed by atoms with van der Waals surface area (Å²) in [6, 6.07) is 2.00. The fourth-order valence-electron chi connectivity index (χ4n) is 3.28. The zero-order valence-electron chi connectivity index (χ0n) is 12.6. The fraction of sp³-hybridized carbons (Fsp3) is 0.647. The van der Waals surface area contributed by atoms with Gasteiger partial charge in [-0.15, -0.1) is 11.3 Å². The van der Waals surface area contributed by atoms with Crippen LogP contribution in [0.25, 0.3) is 0 Å². The molecule has 0 bridgehead atoms. The quantitative estimate of drug-likeness (QED) is 0.858. The first-order chi connectivity index (χ1) is 9.50. The predicted octanol–water partition coefficient (Wildman–Crippen LogP) is 3.82. The summed E-state index contributed by atoms with van der Waals surface area (Å²) in [7, 11) is 0.